The molecule has 0 atom stereocenters. The van der Waals surface area contributed by atoms with Gasteiger partial charge >= 0.3 is 0 Å². The minimum atomic E-state index is -0.643. The van der Waals surface area contributed by atoms with Gasteiger partial charge in [0.1, 0.15) is 0 Å². The zero-order valence-corrected chi connectivity index (χ0v) is 11.0. The summed E-state index contributed by atoms with van der Waals surface area (Å²) in [7, 11) is 0. The minimum Gasteiger partial charge on any atom is -0.385 e. The lowest BCUT2D eigenvalue weighted by Gasteiger charge is -2.26. The molecule has 0 spiro atoms. The van der Waals surface area contributed by atoms with E-state index in [1.54, 1.807) is 0 Å². The molecule has 1 heteroatoms. The van der Waals surface area contributed by atoms with Crippen LogP contribution < -0.4 is 0 Å². The van der Waals surface area contributed by atoms with Crippen LogP contribution in [0.5, 0.6) is 0 Å². The summed E-state index contributed by atoms with van der Waals surface area (Å²) < 4.78 is 0. The molecule has 0 fully saturated rings. The van der Waals surface area contributed by atoms with Crippen molar-refractivity contribution in [3.63, 3.8) is 0 Å². The van der Waals surface area contributed by atoms with Crippen molar-refractivity contribution in [3.05, 3.63) is 34.9 Å². The van der Waals surface area contributed by atoms with Crippen molar-refractivity contribution in [1.29, 1.82) is 0 Å². The Morgan fingerprint density at radius 2 is 1.75 bits per heavy atom. The summed E-state index contributed by atoms with van der Waals surface area (Å²) in [6, 6.07) is 6.39. The molecule has 1 rings (SSSR count). The molecule has 0 aliphatic heterocycles. The summed E-state index contributed by atoms with van der Waals surface area (Å²) in [6.45, 7) is 8.43. The molecular formula is C15H24O. The molecule has 1 aromatic rings. The van der Waals surface area contributed by atoms with E-state index >= 15 is 0 Å². The van der Waals surface area contributed by atoms with Crippen molar-refractivity contribution >= 4 is 0 Å². The van der Waals surface area contributed by atoms with Gasteiger partial charge < -0.3 is 5.11 Å². The first kappa shape index (κ1) is 13.2. The Balaban J connectivity index is 3.10. The van der Waals surface area contributed by atoms with Crippen LogP contribution in [0.4, 0.5) is 0 Å². The predicted octanol–water partition coefficient (Wildman–Crippen LogP) is 3.96. The highest BCUT2D eigenvalue weighted by Gasteiger charge is 2.24. The van der Waals surface area contributed by atoms with Crippen molar-refractivity contribution < 1.29 is 5.11 Å². The van der Waals surface area contributed by atoms with Gasteiger partial charge in [-0.15, -0.1) is 0 Å². The Morgan fingerprint density at radius 3 is 2.25 bits per heavy atom. The number of rotatable bonds is 5. The predicted molar refractivity (Wildman–Crippen MR) is 69.7 cm³/mol. The molecule has 0 saturated heterocycles. The third-order valence-corrected chi connectivity index (χ3v) is 3.58. The number of aryl methyl sites for hydroxylation is 2. The SMILES string of the molecule is CCCc1cc(C(O)(CC)CC)ccc1C. The van der Waals surface area contributed by atoms with E-state index in [1.165, 1.54) is 11.1 Å². The maximum absolute atomic E-state index is 10.5. The van der Waals surface area contributed by atoms with Gasteiger partial charge in [0.05, 0.1) is 5.60 Å². The molecule has 0 saturated carbocycles. The maximum atomic E-state index is 10.5. The number of benzene rings is 1. The molecule has 1 N–H and O–H groups in total. The van der Waals surface area contributed by atoms with Crippen LogP contribution in [0.2, 0.25) is 0 Å². The molecule has 0 unspecified atom stereocenters. The fourth-order valence-electron chi connectivity index (χ4n) is 2.16. The first-order valence-electron chi connectivity index (χ1n) is 6.39. The zero-order chi connectivity index (χ0) is 12.2. The maximum Gasteiger partial charge on any atom is 0.0891 e. The summed E-state index contributed by atoms with van der Waals surface area (Å²) in [4.78, 5) is 0. The van der Waals surface area contributed by atoms with Gasteiger partial charge in [0.15, 0.2) is 0 Å². The number of hydrogen-bond donors (Lipinski definition) is 1. The van der Waals surface area contributed by atoms with Gasteiger partial charge in [-0.05, 0) is 42.9 Å². The van der Waals surface area contributed by atoms with Gasteiger partial charge in [-0.1, -0.05) is 45.4 Å². The fourth-order valence-corrected chi connectivity index (χ4v) is 2.16. The highest BCUT2D eigenvalue weighted by atomic mass is 16.3. The van der Waals surface area contributed by atoms with Gasteiger partial charge in [-0.2, -0.15) is 0 Å². The summed E-state index contributed by atoms with van der Waals surface area (Å²) in [6.07, 6.45) is 3.81. The molecule has 0 heterocycles. The van der Waals surface area contributed by atoms with Gasteiger partial charge in [0.2, 0.25) is 0 Å². The van der Waals surface area contributed by atoms with Crippen molar-refractivity contribution in [2.24, 2.45) is 0 Å². The van der Waals surface area contributed by atoms with E-state index in [9.17, 15) is 5.11 Å². The number of aliphatic hydroxyl groups is 1. The van der Waals surface area contributed by atoms with Crippen LogP contribution in [-0.2, 0) is 12.0 Å². The van der Waals surface area contributed by atoms with E-state index < -0.39 is 5.60 Å². The summed E-state index contributed by atoms with van der Waals surface area (Å²) in [5.41, 5.74) is 3.14. The van der Waals surface area contributed by atoms with Crippen LogP contribution in [0.15, 0.2) is 18.2 Å². The van der Waals surface area contributed by atoms with E-state index in [0.717, 1.165) is 31.2 Å². The normalized spacial score (nSPS) is 11.8. The van der Waals surface area contributed by atoms with E-state index in [1.807, 2.05) is 13.8 Å². The van der Waals surface area contributed by atoms with Gasteiger partial charge in [0.25, 0.3) is 0 Å². The molecule has 0 aromatic heterocycles. The van der Waals surface area contributed by atoms with Gasteiger partial charge in [0, 0.05) is 0 Å². The second-order valence-electron chi connectivity index (χ2n) is 4.63. The Labute approximate surface area is 99.5 Å². The van der Waals surface area contributed by atoms with Crippen LogP contribution in [0, 0.1) is 6.92 Å². The van der Waals surface area contributed by atoms with E-state index in [4.69, 9.17) is 0 Å². The Hall–Kier alpha value is -0.820. The molecule has 0 aliphatic carbocycles. The number of hydrogen-bond acceptors (Lipinski definition) is 1. The second kappa shape index (κ2) is 5.49. The monoisotopic (exact) mass is 220 g/mol. The quantitative estimate of drug-likeness (QED) is 0.796. The Kier molecular flexibility index (Phi) is 4.55. The topological polar surface area (TPSA) is 20.2 Å². The smallest absolute Gasteiger partial charge is 0.0891 e. The average Bonchev–Trinajstić information content (AvgIpc) is 2.31. The summed E-state index contributed by atoms with van der Waals surface area (Å²) in [5, 5.41) is 10.5. The van der Waals surface area contributed by atoms with E-state index in [-0.39, 0.29) is 0 Å². The van der Waals surface area contributed by atoms with E-state index in [2.05, 4.69) is 32.0 Å². The molecule has 0 radical (unpaired) electrons. The van der Waals surface area contributed by atoms with Crippen molar-refractivity contribution in [2.75, 3.05) is 0 Å². The third kappa shape index (κ3) is 2.65. The molecule has 0 aliphatic rings. The molecule has 0 bridgehead atoms. The summed E-state index contributed by atoms with van der Waals surface area (Å²) >= 11 is 0. The van der Waals surface area contributed by atoms with Gasteiger partial charge in [-0.25, -0.2) is 0 Å². The Morgan fingerprint density at radius 1 is 1.12 bits per heavy atom. The highest BCUT2D eigenvalue weighted by Crippen LogP contribution is 2.30. The average molecular weight is 220 g/mol. The lowest BCUT2D eigenvalue weighted by molar-refractivity contribution is 0.0283. The molecule has 1 aromatic carbocycles. The van der Waals surface area contributed by atoms with Crippen LogP contribution in [-0.4, -0.2) is 5.11 Å². The van der Waals surface area contributed by atoms with Crippen LogP contribution in [0.25, 0.3) is 0 Å². The lowest BCUT2D eigenvalue weighted by atomic mass is 9.86. The lowest BCUT2D eigenvalue weighted by Crippen LogP contribution is -2.23. The fraction of sp³-hybridized carbons (Fsp3) is 0.600. The molecule has 90 valence electrons. The zero-order valence-electron chi connectivity index (χ0n) is 11.0. The minimum absolute atomic E-state index is 0.643. The molecular weight excluding hydrogens is 196 g/mol. The second-order valence-corrected chi connectivity index (χ2v) is 4.63. The van der Waals surface area contributed by atoms with Crippen LogP contribution in [0.1, 0.15) is 56.7 Å². The first-order chi connectivity index (χ1) is 7.57. The van der Waals surface area contributed by atoms with Gasteiger partial charge in [-0.3, -0.25) is 0 Å². The molecule has 0 amide bonds. The first-order valence-corrected chi connectivity index (χ1v) is 6.39. The van der Waals surface area contributed by atoms with Crippen molar-refractivity contribution in [2.45, 2.75) is 59.0 Å². The standard InChI is InChI=1S/C15H24O/c1-5-8-13-11-14(10-9-12(13)4)15(16,6-2)7-3/h9-11,16H,5-8H2,1-4H3. The highest BCUT2D eigenvalue weighted by molar-refractivity contribution is 5.34. The van der Waals surface area contributed by atoms with Crippen LogP contribution >= 0.6 is 0 Å². The van der Waals surface area contributed by atoms with Crippen LogP contribution in [0.3, 0.4) is 0 Å². The summed E-state index contributed by atoms with van der Waals surface area (Å²) in [5.74, 6) is 0. The molecule has 1 nitrogen and oxygen atoms in total. The largest absolute Gasteiger partial charge is 0.385 e. The Bertz CT molecular complexity index is 337. The van der Waals surface area contributed by atoms with Crippen molar-refractivity contribution in [1.82, 2.24) is 0 Å². The van der Waals surface area contributed by atoms with E-state index in [0.29, 0.717) is 0 Å². The molecule has 16 heavy (non-hydrogen) atoms. The third-order valence-electron chi connectivity index (χ3n) is 3.58. The van der Waals surface area contributed by atoms with Crippen molar-refractivity contribution in [3.8, 4) is 0 Å².